The summed E-state index contributed by atoms with van der Waals surface area (Å²) < 4.78 is 5.89. The summed E-state index contributed by atoms with van der Waals surface area (Å²) in [4.78, 5) is 17.5. The van der Waals surface area contributed by atoms with Gasteiger partial charge in [-0.3, -0.25) is 9.69 Å². The lowest BCUT2D eigenvalue weighted by Crippen LogP contribution is -2.49. The zero-order chi connectivity index (χ0) is 23.2. The van der Waals surface area contributed by atoms with Gasteiger partial charge < -0.3 is 14.7 Å². The van der Waals surface area contributed by atoms with Crippen LogP contribution in [0.4, 0.5) is 5.69 Å². The Morgan fingerprint density at radius 2 is 1.61 bits per heavy atom. The van der Waals surface area contributed by atoms with E-state index in [-0.39, 0.29) is 12.4 Å². The number of rotatable bonds is 8. The van der Waals surface area contributed by atoms with Crippen LogP contribution in [-0.4, -0.2) is 61.2 Å². The quantitative estimate of drug-likeness (QED) is 0.530. The molecule has 0 bridgehead atoms. The molecule has 1 unspecified atom stereocenters. The number of ether oxygens (including phenoxy) is 1. The minimum atomic E-state index is -0.627. The molecule has 0 radical (unpaired) electrons. The molecule has 172 valence electrons. The second-order valence-electron chi connectivity index (χ2n) is 8.71. The van der Waals surface area contributed by atoms with Crippen LogP contribution in [0.1, 0.15) is 27.0 Å². The molecule has 1 heterocycles. The van der Waals surface area contributed by atoms with Crippen molar-refractivity contribution < 1.29 is 14.6 Å². The van der Waals surface area contributed by atoms with Crippen LogP contribution in [0.25, 0.3) is 0 Å². The Bertz CT molecular complexity index is 1080. The average Bonchev–Trinajstić information content (AvgIpc) is 2.85. The maximum absolute atomic E-state index is 12.9. The summed E-state index contributed by atoms with van der Waals surface area (Å²) >= 11 is 0. The number of anilines is 1. The van der Waals surface area contributed by atoms with E-state index in [0.717, 1.165) is 26.2 Å². The van der Waals surface area contributed by atoms with E-state index >= 15 is 0 Å². The van der Waals surface area contributed by atoms with Crippen molar-refractivity contribution in [2.75, 3.05) is 44.2 Å². The Morgan fingerprint density at radius 1 is 0.909 bits per heavy atom. The van der Waals surface area contributed by atoms with Gasteiger partial charge in [-0.15, -0.1) is 0 Å². The second kappa shape index (κ2) is 10.6. The summed E-state index contributed by atoms with van der Waals surface area (Å²) in [5, 5.41) is 10.6. The molecular formula is C28H32N2O3. The fourth-order valence-corrected chi connectivity index (χ4v) is 4.17. The number of β-amino-alcohol motifs (C(OH)–C–C–N with tert-alkyl or cyclic N) is 1. The van der Waals surface area contributed by atoms with Crippen molar-refractivity contribution in [1.82, 2.24) is 4.90 Å². The monoisotopic (exact) mass is 444 g/mol. The van der Waals surface area contributed by atoms with Crippen LogP contribution in [0, 0.1) is 13.8 Å². The maximum Gasteiger partial charge on any atom is 0.196 e. The van der Waals surface area contributed by atoms with Gasteiger partial charge in [-0.2, -0.15) is 0 Å². The van der Waals surface area contributed by atoms with Gasteiger partial charge in [0.1, 0.15) is 18.5 Å². The van der Waals surface area contributed by atoms with E-state index in [1.165, 1.54) is 16.8 Å². The van der Waals surface area contributed by atoms with E-state index < -0.39 is 6.10 Å². The molecule has 1 N–H and O–H groups in total. The Labute approximate surface area is 196 Å². The Morgan fingerprint density at radius 3 is 2.33 bits per heavy atom. The molecule has 1 aliphatic rings. The second-order valence-corrected chi connectivity index (χ2v) is 8.71. The van der Waals surface area contributed by atoms with E-state index in [9.17, 15) is 9.90 Å². The standard InChI is InChI=1S/C28H32N2O3/c1-21-12-13-24(18-22(21)2)30-16-14-29(15-17-30)19-25(31)20-33-27-11-7-6-10-26(27)28(32)23-8-4-3-5-9-23/h3-13,18,25,31H,14-17,19-20H2,1-2H3. The van der Waals surface area contributed by atoms with Crippen molar-refractivity contribution in [2.45, 2.75) is 20.0 Å². The van der Waals surface area contributed by atoms with Crippen LogP contribution < -0.4 is 9.64 Å². The van der Waals surface area contributed by atoms with Crippen molar-refractivity contribution in [3.05, 3.63) is 95.1 Å². The molecular weight excluding hydrogens is 412 g/mol. The third-order valence-corrected chi connectivity index (χ3v) is 6.30. The van der Waals surface area contributed by atoms with Gasteiger partial charge in [-0.1, -0.05) is 48.5 Å². The molecule has 5 nitrogen and oxygen atoms in total. The number of hydrogen-bond acceptors (Lipinski definition) is 5. The topological polar surface area (TPSA) is 53.0 Å². The molecule has 4 rings (SSSR count). The number of nitrogens with zero attached hydrogens (tertiary/aromatic N) is 2. The molecule has 0 amide bonds. The summed E-state index contributed by atoms with van der Waals surface area (Å²) in [6.07, 6.45) is -0.627. The van der Waals surface area contributed by atoms with E-state index in [4.69, 9.17) is 4.74 Å². The third-order valence-electron chi connectivity index (χ3n) is 6.30. The molecule has 1 fully saturated rings. The van der Waals surface area contributed by atoms with Gasteiger partial charge in [0, 0.05) is 44.0 Å². The Hall–Kier alpha value is -3.15. The lowest BCUT2D eigenvalue weighted by molar-refractivity contribution is 0.0657. The number of aliphatic hydroxyl groups excluding tert-OH is 1. The van der Waals surface area contributed by atoms with Gasteiger partial charge in [0.15, 0.2) is 5.78 Å². The number of piperazine rings is 1. The highest BCUT2D eigenvalue weighted by Gasteiger charge is 2.21. The Balaban J connectivity index is 1.29. The minimum absolute atomic E-state index is 0.0804. The lowest BCUT2D eigenvalue weighted by atomic mass is 10.0. The number of carbonyl (C=O) groups excluding carboxylic acids is 1. The molecule has 3 aromatic carbocycles. The van der Waals surface area contributed by atoms with E-state index in [1.54, 1.807) is 24.3 Å². The fraction of sp³-hybridized carbons (Fsp3) is 0.321. The van der Waals surface area contributed by atoms with Crippen LogP contribution in [0.5, 0.6) is 5.75 Å². The van der Waals surface area contributed by atoms with Gasteiger partial charge in [0.25, 0.3) is 0 Å². The first-order valence-corrected chi connectivity index (χ1v) is 11.6. The number of aliphatic hydroxyl groups is 1. The van der Waals surface area contributed by atoms with E-state index in [1.807, 2.05) is 30.3 Å². The van der Waals surface area contributed by atoms with Crippen LogP contribution in [0.15, 0.2) is 72.8 Å². The summed E-state index contributed by atoms with van der Waals surface area (Å²) in [7, 11) is 0. The third kappa shape index (κ3) is 5.81. The summed E-state index contributed by atoms with van der Waals surface area (Å²) in [5.74, 6) is 0.424. The fourth-order valence-electron chi connectivity index (χ4n) is 4.17. The normalized spacial score (nSPS) is 15.3. The van der Waals surface area contributed by atoms with Crippen molar-refractivity contribution in [2.24, 2.45) is 0 Å². The molecule has 3 aromatic rings. The first kappa shape index (κ1) is 23.0. The minimum Gasteiger partial charge on any atom is -0.490 e. The predicted molar refractivity (Wildman–Crippen MR) is 132 cm³/mol. The highest BCUT2D eigenvalue weighted by Crippen LogP contribution is 2.23. The molecule has 1 saturated heterocycles. The van der Waals surface area contributed by atoms with Crippen molar-refractivity contribution in [3.8, 4) is 5.75 Å². The highest BCUT2D eigenvalue weighted by atomic mass is 16.5. The van der Waals surface area contributed by atoms with Gasteiger partial charge in [0.2, 0.25) is 0 Å². The molecule has 33 heavy (non-hydrogen) atoms. The summed E-state index contributed by atoms with van der Waals surface area (Å²) in [6, 6.07) is 23.0. The first-order chi connectivity index (χ1) is 16.0. The van der Waals surface area contributed by atoms with Crippen molar-refractivity contribution in [3.63, 3.8) is 0 Å². The highest BCUT2D eigenvalue weighted by molar-refractivity contribution is 6.10. The average molecular weight is 445 g/mol. The number of para-hydroxylation sites is 1. The smallest absolute Gasteiger partial charge is 0.196 e. The number of benzene rings is 3. The Kier molecular flexibility index (Phi) is 7.43. The molecule has 0 aliphatic carbocycles. The largest absolute Gasteiger partial charge is 0.490 e. The van der Waals surface area contributed by atoms with Crippen LogP contribution >= 0.6 is 0 Å². The van der Waals surface area contributed by atoms with Crippen LogP contribution in [0.2, 0.25) is 0 Å². The summed E-state index contributed by atoms with van der Waals surface area (Å²) in [6.45, 7) is 8.65. The molecule has 1 atom stereocenters. The molecule has 5 heteroatoms. The molecule has 0 saturated carbocycles. The molecule has 0 spiro atoms. The zero-order valence-corrected chi connectivity index (χ0v) is 19.4. The van der Waals surface area contributed by atoms with Crippen molar-refractivity contribution >= 4 is 11.5 Å². The number of aryl methyl sites for hydroxylation is 2. The van der Waals surface area contributed by atoms with E-state index in [0.29, 0.717) is 23.4 Å². The molecule has 1 aliphatic heterocycles. The predicted octanol–water partition coefficient (Wildman–Crippen LogP) is 4.10. The number of hydrogen-bond donors (Lipinski definition) is 1. The molecule has 0 aromatic heterocycles. The first-order valence-electron chi connectivity index (χ1n) is 11.6. The van der Waals surface area contributed by atoms with Crippen LogP contribution in [-0.2, 0) is 0 Å². The lowest BCUT2D eigenvalue weighted by Gasteiger charge is -2.37. The van der Waals surface area contributed by atoms with Gasteiger partial charge in [0.05, 0.1) is 5.56 Å². The maximum atomic E-state index is 12.9. The number of carbonyl (C=O) groups is 1. The van der Waals surface area contributed by atoms with Gasteiger partial charge >= 0.3 is 0 Å². The SMILES string of the molecule is Cc1ccc(N2CCN(CC(O)COc3ccccc3C(=O)c3ccccc3)CC2)cc1C. The van der Waals surface area contributed by atoms with Gasteiger partial charge in [-0.25, -0.2) is 0 Å². The summed E-state index contributed by atoms with van der Waals surface area (Å²) in [5.41, 5.74) is 5.02. The zero-order valence-electron chi connectivity index (χ0n) is 19.4. The number of ketones is 1. The van der Waals surface area contributed by atoms with Crippen LogP contribution in [0.3, 0.4) is 0 Å². The van der Waals surface area contributed by atoms with Gasteiger partial charge in [-0.05, 0) is 49.2 Å². The van der Waals surface area contributed by atoms with Crippen molar-refractivity contribution in [1.29, 1.82) is 0 Å². The van der Waals surface area contributed by atoms with E-state index in [2.05, 4.69) is 41.8 Å².